The van der Waals surface area contributed by atoms with Crippen LogP contribution in [0.2, 0.25) is 0 Å². The van der Waals surface area contributed by atoms with Crippen molar-refractivity contribution in [2.45, 2.75) is 33.2 Å². The lowest BCUT2D eigenvalue weighted by molar-refractivity contribution is -0.138. The van der Waals surface area contributed by atoms with Crippen molar-refractivity contribution in [1.82, 2.24) is 25.0 Å². The van der Waals surface area contributed by atoms with Gasteiger partial charge in [-0.25, -0.2) is 9.78 Å². The van der Waals surface area contributed by atoms with Crippen LogP contribution in [0.5, 0.6) is 0 Å². The van der Waals surface area contributed by atoms with Gasteiger partial charge in [0.1, 0.15) is 11.3 Å². The minimum Gasteiger partial charge on any atom is -0.463 e. The van der Waals surface area contributed by atoms with Crippen molar-refractivity contribution in [3.8, 4) is 0 Å². The SMILES string of the molecule is CCOC(=O)C1=C(CN2CCN3C(=S)N(CC(C)(C)C=O)CC3C2)NC(c2nccs2)=CC1. The topological polar surface area (TPSA) is 78.0 Å². The zero-order valence-electron chi connectivity index (χ0n) is 19.4. The second-order valence-corrected chi connectivity index (χ2v) is 10.6. The number of hydrogen-bond acceptors (Lipinski definition) is 8. The predicted octanol–water partition coefficient (Wildman–Crippen LogP) is 2.11. The summed E-state index contributed by atoms with van der Waals surface area (Å²) in [7, 11) is 0. The monoisotopic (exact) mass is 489 g/mol. The average molecular weight is 490 g/mol. The molecule has 3 aliphatic rings. The maximum absolute atomic E-state index is 12.6. The average Bonchev–Trinajstić information content (AvgIpc) is 3.42. The standard InChI is InChI=1S/C23H31N5O3S2/c1-4-31-21(30)17-5-6-18(20-24-7-10-33-20)25-19(17)13-26-8-9-28-16(11-26)12-27(22(28)32)14-23(2,3)15-29/h6-7,10,15-16,25H,4-5,8-9,11-14H2,1-3H3. The van der Waals surface area contributed by atoms with Gasteiger partial charge in [0, 0.05) is 68.4 Å². The smallest absolute Gasteiger partial charge is 0.336 e. The van der Waals surface area contributed by atoms with Crippen LogP contribution < -0.4 is 5.32 Å². The van der Waals surface area contributed by atoms with E-state index in [0.717, 1.165) is 54.0 Å². The summed E-state index contributed by atoms with van der Waals surface area (Å²) in [5.41, 5.74) is 2.07. The van der Waals surface area contributed by atoms with E-state index in [1.165, 1.54) is 0 Å². The molecule has 1 aromatic rings. The minimum absolute atomic E-state index is 0.266. The van der Waals surface area contributed by atoms with Crippen molar-refractivity contribution in [3.63, 3.8) is 0 Å². The lowest BCUT2D eigenvalue weighted by Crippen LogP contribution is -2.53. The molecule has 3 aliphatic heterocycles. The Morgan fingerprint density at radius 1 is 1.39 bits per heavy atom. The molecule has 1 atom stereocenters. The number of esters is 1. The highest BCUT2D eigenvalue weighted by Gasteiger charge is 2.40. The van der Waals surface area contributed by atoms with Gasteiger partial charge in [-0.15, -0.1) is 11.3 Å². The second-order valence-electron chi connectivity index (χ2n) is 9.31. The van der Waals surface area contributed by atoms with Gasteiger partial charge in [-0.3, -0.25) is 4.90 Å². The Kier molecular flexibility index (Phi) is 7.16. The van der Waals surface area contributed by atoms with Gasteiger partial charge in [-0.05, 0) is 19.1 Å². The van der Waals surface area contributed by atoms with Crippen LogP contribution in [-0.4, -0.2) is 89.0 Å². The maximum Gasteiger partial charge on any atom is 0.336 e. The number of aldehydes is 1. The Morgan fingerprint density at radius 2 is 2.21 bits per heavy atom. The molecule has 33 heavy (non-hydrogen) atoms. The van der Waals surface area contributed by atoms with Crippen LogP contribution in [0.4, 0.5) is 0 Å². The van der Waals surface area contributed by atoms with E-state index in [2.05, 4.69) is 25.0 Å². The molecule has 10 heteroatoms. The molecule has 2 saturated heterocycles. The second kappa shape index (κ2) is 9.90. The highest BCUT2D eigenvalue weighted by Crippen LogP contribution is 2.28. The van der Waals surface area contributed by atoms with E-state index in [9.17, 15) is 9.59 Å². The third-order valence-corrected chi connectivity index (χ3v) is 7.46. The maximum atomic E-state index is 12.6. The van der Waals surface area contributed by atoms with E-state index in [4.69, 9.17) is 17.0 Å². The quantitative estimate of drug-likeness (QED) is 0.336. The summed E-state index contributed by atoms with van der Waals surface area (Å²) in [4.78, 5) is 35.2. The van der Waals surface area contributed by atoms with Crippen LogP contribution >= 0.6 is 23.6 Å². The normalized spacial score (nSPS) is 21.6. The van der Waals surface area contributed by atoms with E-state index in [1.54, 1.807) is 17.5 Å². The lowest BCUT2D eigenvalue weighted by Gasteiger charge is -2.38. The first-order valence-electron chi connectivity index (χ1n) is 11.3. The Morgan fingerprint density at radius 3 is 2.91 bits per heavy atom. The van der Waals surface area contributed by atoms with Crippen LogP contribution in [0.15, 0.2) is 28.9 Å². The van der Waals surface area contributed by atoms with E-state index in [0.29, 0.717) is 31.7 Å². The third-order valence-electron chi connectivity index (χ3n) is 6.16. The number of allylic oxidation sites excluding steroid dienone is 1. The summed E-state index contributed by atoms with van der Waals surface area (Å²) in [6, 6.07) is 0.276. The molecule has 1 N–H and O–H groups in total. The fourth-order valence-corrected chi connectivity index (χ4v) is 5.56. The number of hydrogen-bond donors (Lipinski definition) is 1. The van der Waals surface area contributed by atoms with Crippen molar-refractivity contribution in [1.29, 1.82) is 0 Å². The van der Waals surface area contributed by atoms with Crippen molar-refractivity contribution >= 4 is 46.6 Å². The first kappa shape index (κ1) is 23.8. The summed E-state index contributed by atoms with van der Waals surface area (Å²) in [6.07, 6.45) is 5.32. The number of thiazole rings is 1. The summed E-state index contributed by atoms with van der Waals surface area (Å²) < 4.78 is 5.32. The minimum atomic E-state index is -0.428. The molecule has 0 aromatic carbocycles. The molecule has 0 bridgehead atoms. The first-order valence-corrected chi connectivity index (χ1v) is 12.6. The molecule has 0 spiro atoms. The highest BCUT2D eigenvalue weighted by molar-refractivity contribution is 7.80. The number of carbonyl (C=O) groups excluding carboxylic acids is 2. The first-order chi connectivity index (χ1) is 15.8. The molecular weight excluding hydrogens is 458 g/mol. The van der Waals surface area contributed by atoms with Crippen molar-refractivity contribution in [3.05, 3.63) is 33.9 Å². The van der Waals surface area contributed by atoms with Gasteiger partial charge >= 0.3 is 5.97 Å². The Labute approximate surface area is 204 Å². The van der Waals surface area contributed by atoms with E-state index in [-0.39, 0.29) is 12.0 Å². The number of piperazine rings is 1. The third kappa shape index (κ3) is 5.28. The number of nitrogens with zero attached hydrogens (tertiary/aromatic N) is 4. The number of fused-ring (bicyclic) bond motifs is 1. The molecule has 2 fully saturated rings. The highest BCUT2D eigenvalue weighted by atomic mass is 32.1. The molecule has 178 valence electrons. The number of carbonyl (C=O) groups is 2. The molecular formula is C23H31N5O3S2. The largest absolute Gasteiger partial charge is 0.463 e. The molecule has 0 aliphatic carbocycles. The molecule has 1 aromatic heterocycles. The molecule has 4 rings (SSSR count). The Bertz CT molecular complexity index is 973. The number of aromatic nitrogens is 1. The Balaban J connectivity index is 1.46. The van der Waals surface area contributed by atoms with Gasteiger partial charge in [0.25, 0.3) is 0 Å². The summed E-state index contributed by atoms with van der Waals surface area (Å²) in [6.45, 7) is 10.7. The zero-order chi connectivity index (χ0) is 23.6. The van der Waals surface area contributed by atoms with Crippen LogP contribution in [0.3, 0.4) is 0 Å². The van der Waals surface area contributed by atoms with Crippen LogP contribution in [0.1, 0.15) is 32.2 Å². The van der Waals surface area contributed by atoms with E-state index < -0.39 is 5.41 Å². The summed E-state index contributed by atoms with van der Waals surface area (Å²) in [5, 5.41) is 7.16. The van der Waals surface area contributed by atoms with Gasteiger partial charge in [0.2, 0.25) is 0 Å². The van der Waals surface area contributed by atoms with Crippen molar-refractivity contribution in [2.24, 2.45) is 5.41 Å². The number of dihydropyridines is 1. The van der Waals surface area contributed by atoms with Gasteiger partial charge < -0.3 is 24.6 Å². The van der Waals surface area contributed by atoms with Gasteiger partial charge in [-0.1, -0.05) is 19.9 Å². The van der Waals surface area contributed by atoms with Crippen LogP contribution in [0, 0.1) is 5.41 Å². The lowest BCUT2D eigenvalue weighted by atomic mass is 9.95. The molecule has 0 radical (unpaired) electrons. The van der Waals surface area contributed by atoms with Crippen LogP contribution in [-0.2, 0) is 14.3 Å². The predicted molar refractivity (Wildman–Crippen MR) is 132 cm³/mol. The van der Waals surface area contributed by atoms with Gasteiger partial charge in [0.05, 0.1) is 23.9 Å². The number of ether oxygens (including phenoxy) is 1. The zero-order valence-corrected chi connectivity index (χ0v) is 21.0. The molecule has 0 amide bonds. The van der Waals surface area contributed by atoms with Gasteiger partial charge in [0.15, 0.2) is 5.11 Å². The Hall–Kier alpha value is -2.30. The number of thiocarbonyl (C=S) groups is 1. The number of nitrogens with one attached hydrogen (secondary N) is 1. The molecule has 4 heterocycles. The van der Waals surface area contributed by atoms with E-state index >= 15 is 0 Å². The van der Waals surface area contributed by atoms with Crippen LogP contribution in [0.25, 0.3) is 5.70 Å². The molecule has 8 nitrogen and oxygen atoms in total. The fourth-order valence-electron chi connectivity index (χ4n) is 4.54. The van der Waals surface area contributed by atoms with E-state index in [1.807, 2.05) is 32.2 Å². The molecule has 1 unspecified atom stereocenters. The number of rotatable bonds is 8. The molecule has 0 saturated carbocycles. The fraction of sp³-hybridized carbons (Fsp3) is 0.565. The van der Waals surface area contributed by atoms with Crippen molar-refractivity contribution < 1.29 is 14.3 Å². The summed E-state index contributed by atoms with van der Waals surface area (Å²) >= 11 is 7.29. The summed E-state index contributed by atoms with van der Waals surface area (Å²) in [5.74, 6) is -0.266. The van der Waals surface area contributed by atoms with Gasteiger partial charge in [-0.2, -0.15) is 0 Å². The van der Waals surface area contributed by atoms with Crippen molar-refractivity contribution in [2.75, 3.05) is 45.9 Å².